The maximum atomic E-state index is 15.1. The van der Waals surface area contributed by atoms with E-state index in [1.165, 1.54) is 23.8 Å². The summed E-state index contributed by atoms with van der Waals surface area (Å²) in [6.07, 6.45) is -1.60. The molecule has 0 saturated carbocycles. The van der Waals surface area contributed by atoms with E-state index in [1.807, 2.05) is 0 Å². The van der Waals surface area contributed by atoms with Crippen LogP contribution in [0, 0.1) is 5.82 Å². The van der Waals surface area contributed by atoms with Crippen LogP contribution in [0.2, 0.25) is 0 Å². The van der Waals surface area contributed by atoms with Gasteiger partial charge in [-0.3, -0.25) is 4.90 Å². The molecule has 0 bridgehead atoms. The number of likely N-dealkylation sites (tertiary alicyclic amines) is 1. The Morgan fingerprint density at radius 1 is 1.29 bits per heavy atom. The maximum Gasteiger partial charge on any atom is 0.258 e. The van der Waals surface area contributed by atoms with E-state index in [0.29, 0.717) is 36.3 Å². The Labute approximate surface area is 214 Å². The second kappa shape index (κ2) is 9.34. The van der Waals surface area contributed by atoms with Gasteiger partial charge in [-0.2, -0.15) is 4.98 Å². The standard InChI is InChI=1S/C24H26F4N8O2/c1-24(11-38-12-24)34-5-4-17(16(26)9-34)29-23-30-22(37-2)21-14(3-6-35(21)32-23)13-7-15(25)20-18(8-13)36(33-31-20)10-19(27)28/h3,6-8,16-17,19H,4-5,9-12H2,1-2H3,(H,29,32)/t16-,17+/m1/s1. The summed E-state index contributed by atoms with van der Waals surface area (Å²) in [4.78, 5) is 6.57. The number of fused-ring (bicyclic) bond motifs is 2. The molecule has 0 radical (unpaired) electrons. The van der Waals surface area contributed by atoms with Gasteiger partial charge in [0.2, 0.25) is 11.8 Å². The number of ether oxygens (including phenoxy) is 2. The van der Waals surface area contributed by atoms with Crippen molar-refractivity contribution in [3.8, 4) is 17.0 Å². The molecule has 1 aromatic carbocycles. The fraction of sp³-hybridized carbons (Fsp3) is 0.500. The van der Waals surface area contributed by atoms with Gasteiger partial charge in [0.25, 0.3) is 6.43 Å². The minimum Gasteiger partial charge on any atom is -0.479 e. The summed E-state index contributed by atoms with van der Waals surface area (Å²) < 4.78 is 69.2. The zero-order chi connectivity index (χ0) is 26.6. The average Bonchev–Trinajstić information content (AvgIpc) is 3.47. The third kappa shape index (κ3) is 4.21. The molecule has 0 amide bonds. The van der Waals surface area contributed by atoms with Crippen molar-refractivity contribution in [3.05, 3.63) is 30.2 Å². The van der Waals surface area contributed by atoms with Crippen molar-refractivity contribution in [3.63, 3.8) is 0 Å². The SMILES string of the molecule is COc1nc(N[C@H]2CCN(C3(C)COC3)C[C@H]2F)nn2ccc(-c3cc(F)c4nnn(CC(F)F)c4c3)c12. The largest absolute Gasteiger partial charge is 0.479 e. The van der Waals surface area contributed by atoms with E-state index in [0.717, 1.165) is 11.2 Å². The molecule has 14 heteroatoms. The van der Waals surface area contributed by atoms with Gasteiger partial charge in [-0.1, -0.05) is 5.21 Å². The van der Waals surface area contributed by atoms with Gasteiger partial charge in [-0.05, 0) is 37.1 Å². The lowest BCUT2D eigenvalue weighted by molar-refractivity contribution is -0.142. The number of halogens is 4. The zero-order valence-electron chi connectivity index (χ0n) is 20.7. The van der Waals surface area contributed by atoms with Crippen LogP contribution in [0.25, 0.3) is 27.7 Å². The van der Waals surface area contributed by atoms with Crippen LogP contribution in [0.1, 0.15) is 13.3 Å². The Kier molecular flexibility index (Phi) is 6.10. The molecule has 4 aromatic rings. The molecule has 38 heavy (non-hydrogen) atoms. The van der Waals surface area contributed by atoms with Gasteiger partial charge in [0, 0.05) is 24.8 Å². The quantitative estimate of drug-likeness (QED) is 0.362. The van der Waals surface area contributed by atoms with Crippen molar-refractivity contribution in [2.45, 2.75) is 44.1 Å². The van der Waals surface area contributed by atoms with Crippen molar-refractivity contribution in [1.29, 1.82) is 0 Å². The topological polar surface area (TPSA) is 94.6 Å². The number of rotatable bonds is 7. The third-order valence-electron chi connectivity index (χ3n) is 7.31. The third-order valence-corrected chi connectivity index (χ3v) is 7.31. The molecule has 6 rings (SSSR count). The van der Waals surface area contributed by atoms with Crippen LogP contribution in [0.5, 0.6) is 5.88 Å². The van der Waals surface area contributed by atoms with Crippen LogP contribution in [0.3, 0.4) is 0 Å². The number of piperidine rings is 1. The number of nitrogens with zero attached hydrogens (tertiary/aromatic N) is 7. The summed E-state index contributed by atoms with van der Waals surface area (Å²) in [7, 11) is 1.44. The predicted molar refractivity (Wildman–Crippen MR) is 130 cm³/mol. The number of nitrogens with one attached hydrogen (secondary N) is 1. The average molecular weight is 535 g/mol. The van der Waals surface area contributed by atoms with Gasteiger partial charge in [0.15, 0.2) is 5.82 Å². The number of hydrogen-bond acceptors (Lipinski definition) is 8. The van der Waals surface area contributed by atoms with Crippen molar-refractivity contribution >= 4 is 22.5 Å². The molecule has 0 aliphatic carbocycles. The maximum absolute atomic E-state index is 15.1. The molecule has 0 unspecified atom stereocenters. The fourth-order valence-corrected chi connectivity index (χ4v) is 5.18. The van der Waals surface area contributed by atoms with Gasteiger partial charge in [-0.25, -0.2) is 26.8 Å². The summed E-state index contributed by atoms with van der Waals surface area (Å²) in [5.41, 5.74) is 1.27. The lowest BCUT2D eigenvalue weighted by atomic mass is 9.92. The van der Waals surface area contributed by atoms with Crippen LogP contribution in [0.15, 0.2) is 24.4 Å². The van der Waals surface area contributed by atoms with Gasteiger partial charge in [0.05, 0.1) is 37.4 Å². The highest BCUT2D eigenvalue weighted by Crippen LogP contribution is 2.35. The van der Waals surface area contributed by atoms with Crippen LogP contribution < -0.4 is 10.1 Å². The number of alkyl halides is 3. The normalized spacial score (nSPS) is 21.8. The molecule has 5 heterocycles. The van der Waals surface area contributed by atoms with Crippen molar-refractivity contribution in [2.75, 3.05) is 38.7 Å². The second-order valence-corrected chi connectivity index (χ2v) is 9.95. The molecular weight excluding hydrogens is 508 g/mol. The first-order valence-corrected chi connectivity index (χ1v) is 12.2. The minimum absolute atomic E-state index is 0.0988. The number of hydrogen-bond donors (Lipinski definition) is 1. The Morgan fingerprint density at radius 3 is 2.79 bits per heavy atom. The summed E-state index contributed by atoms with van der Waals surface area (Å²) in [6, 6.07) is 4.00. The molecular formula is C24H26F4N8O2. The number of aromatic nitrogens is 6. The molecule has 2 fully saturated rings. The zero-order valence-corrected chi connectivity index (χ0v) is 20.7. The molecule has 0 spiro atoms. The monoisotopic (exact) mass is 534 g/mol. The first-order chi connectivity index (χ1) is 18.3. The molecule has 2 aliphatic rings. The van der Waals surface area contributed by atoms with E-state index in [9.17, 15) is 13.2 Å². The van der Waals surface area contributed by atoms with Gasteiger partial charge in [-0.15, -0.1) is 10.2 Å². The summed E-state index contributed by atoms with van der Waals surface area (Å²) in [6.45, 7) is 3.58. The smallest absolute Gasteiger partial charge is 0.258 e. The molecule has 2 aliphatic heterocycles. The molecule has 2 saturated heterocycles. The predicted octanol–water partition coefficient (Wildman–Crippen LogP) is 3.17. The molecule has 3 aromatic heterocycles. The summed E-state index contributed by atoms with van der Waals surface area (Å²) in [5, 5.41) is 14.9. The molecule has 10 nitrogen and oxygen atoms in total. The first kappa shape index (κ1) is 24.8. The van der Waals surface area contributed by atoms with Gasteiger partial charge < -0.3 is 14.8 Å². The minimum atomic E-state index is -2.67. The Bertz CT molecular complexity index is 1490. The van der Waals surface area contributed by atoms with Crippen molar-refractivity contribution < 1.29 is 27.0 Å². The van der Waals surface area contributed by atoms with Gasteiger partial charge >= 0.3 is 0 Å². The molecule has 202 valence electrons. The molecule has 2 atom stereocenters. The number of benzene rings is 1. The summed E-state index contributed by atoms with van der Waals surface area (Å²) in [5.74, 6) is -0.316. The van der Waals surface area contributed by atoms with E-state index >= 15 is 4.39 Å². The highest BCUT2D eigenvalue weighted by atomic mass is 19.3. The van der Waals surface area contributed by atoms with E-state index in [-0.39, 0.29) is 34.9 Å². The fourth-order valence-electron chi connectivity index (χ4n) is 5.18. The Balaban J connectivity index is 1.30. The highest BCUT2D eigenvalue weighted by Gasteiger charge is 2.43. The van der Waals surface area contributed by atoms with E-state index in [4.69, 9.17) is 9.47 Å². The van der Waals surface area contributed by atoms with Crippen LogP contribution in [0.4, 0.5) is 23.5 Å². The van der Waals surface area contributed by atoms with E-state index < -0.39 is 31.0 Å². The van der Waals surface area contributed by atoms with Gasteiger partial charge in [0.1, 0.15) is 23.7 Å². The first-order valence-electron chi connectivity index (χ1n) is 12.2. The van der Waals surface area contributed by atoms with E-state index in [1.54, 1.807) is 12.3 Å². The van der Waals surface area contributed by atoms with Crippen LogP contribution in [-0.4, -0.2) is 92.1 Å². The van der Waals surface area contributed by atoms with Crippen molar-refractivity contribution in [1.82, 2.24) is 34.5 Å². The Morgan fingerprint density at radius 2 is 2.11 bits per heavy atom. The number of methoxy groups -OCH3 is 1. The lowest BCUT2D eigenvalue weighted by Gasteiger charge is -2.50. The van der Waals surface area contributed by atoms with Crippen LogP contribution in [-0.2, 0) is 11.3 Å². The lowest BCUT2D eigenvalue weighted by Crippen LogP contribution is -2.64. The van der Waals surface area contributed by atoms with Crippen LogP contribution >= 0.6 is 0 Å². The molecule has 1 N–H and O–H groups in total. The second-order valence-electron chi connectivity index (χ2n) is 9.95. The summed E-state index contributed by atoms with van der Waals surface area (Å²) >= 11 is 0. The Hall–Kier alpha value is -3.52. The number of anilines is 1. The van der Waals surface area contributed by atoms with Crippen molar-refractivity contribution in [2.24, 2.45) is 0 Å². The van der Waals surface area contributed by atoms with E-state index in [2.05, 4.69) is 37.5 Å². The highest BCUT2D eigenvalue weighted by molar-refractivity contribution is 5.89.